The molecule has 0 bridgehead atoms. The third-order valence-electron chi connectivity index (χ3n) is 2.93. The fourth-order valence-corrected chi connectivity index (χ4v) is 1.93. The van der Waals surface area contributed by atoms with E-state index in [1.807, 2.05) is 50.2 Å². The molecule has 0 aliphatic rings. The largest absolute Gasteiger partial charge is 0.374 e. The van der Waals surface area contributed by atoms with Gasteiger partial charge in [-0.2, -0.15) is 0 Å². The summed E-state index contributed by atoms with van der Waals surface area (Å²) >= 11 is 0. The Morgan fingerprint density at radius 3 is 2.56 bits per heavy atom. The summed E-state index contributed by atoms with van der Waals surface area (Å²) < 4.78 is 5.53. The molecule has 1 N–H and O–H groups in total. The number of hydrogen-bond donors (Lipinski definition) is 1. The number of aromatic amines is 1. The molecular weight excluding hydrogens is 226 g/mol. The van der Waals surface area contributed by atoms with Gasteiger partial charge < -0.3 is 9.72 Å². The van der Waals surface area contributed by atoms with Crippen molar-refractivity contribution in [3.8, 4) is 11.1 Å². The second-order valence-corrected chi connectivity index (χ2v) is 4.13. The van der Waals surface area contributed by atoms with Gasteiger partial charge in [0.2, 0.25) is 0 Å². The molecular formula is C15H17NO2. The molecule has 0 radical (unpaired) electrons. The molecule has 94 valence electrons. The fourth-order valence-electron chi connectivity index (χ4n) is 1.93. The van der Waals surface area contributed by atoms with Crippen LogP contribution in [0.3, 0.4) is 0 Å². The number of nitrogens with one attached hydrogen (secondary N) is 1. The third-order valence-corrected chi connectivity index (χ3v) is 2.93. The first-order chi connectivity index (χ1) is 8.72. The zero-order valence-electron chi connectivity index (χ0n) is 10.6. The minimum absolute atomic E-state index is 0.0666. The molecule has 0 aliphatic heterocycles. The van der Waals surface area contributed by atoms with Crippen LogP contribution >= 0.6 is 0 Å². The Bertz CT molecular complexity index is 557. The van der Waals surface area contributed by atoms with E-state index in [4.69, 9.17) is 4.74 Å². The fraction of sp³-hybridized carbons (Fsp3) is 0.267. The molecule has 1 aromatic carbocycles. The van der Waals surface area contributed by atoms with E-state index in [9.17, 15) is 4.79 Å². The smallest absolute Gasteiger partial charge is 0.255 e. The molecule has 0 saturated heterocycles. The highest BCUT2D eigenvalue weighted by Gasteiger charge is 2.06. The van der Waals surface area contributed by atoms with Gasteiger partial charge in [-0.25, -0.2) is 0 Å². The summed E-state index contributed by atoms with van der Waals surface area (Å²) in [6.07, 6.45) is 1.72. The monoisotopic (exact) mass is 243 g/mol. The molecule has 0 spiro atoms. The van der Waals surface area contributed by atoms with E-state index in [0.29, 0.717) is 12.2 Å². The topological polar surface area (TPSA) is 42.1 Å². The van der Waals surface area contributed by atoms with Gasteiger partial charge in [-0.1, -0.05) is 24.3 Å². The van der Waals surface area contributed by atoms with Crippen LogP contribution in [0.1, 0.15) is 25.5 Å². The van der Waals surface area contributed by atoms with Gasteiger partial charge in [-0.05, 0) is 37.1 Å². The summed E-state index contributed by atoms with van der Waals surface area (Å²) in [7, 11) is 0. The maximum absolute atomic E-state index is 11.7. The lowest BCUT2D eigenvalue weighted by molar-refractivity contribution is 0.0764. The molecule has 3 nitrogen and oxygen atoms in total. The maximum Gasteiger partial charge on any atom is 0.255 e. The number of pyridine rings is 1. The Hall–Kier alpha value is -1.87. The van der Waals surface area contributed by atoms with Crippen LogP contribution in [0.5, 0.6) is 0 Å². The number of rotatable bonds is 4. The van der Waals surface area contributed by atoms with Crippen LogP contribution in [0.2, 0.25) is 0 Å². The zero-order valence-corrected chi connectivity index (χ0v) is 10.6. The van der Waals surface area contributed by atoms with Gasteiger partial charge in [0.05, 0.1) is 6.10 Å². The van der Waals surface area contributed by atoms with E-state index in [1.165, 1.54) is 0 Å². The molecule has 0 amide bonds. The molecule has 0 aliphatic carbocycles. The second-order valence-electron chi connectivity index (χ2n) is 4.13. The number of aromatic nitrogens is 1. The number of benzene rings is 1. The van der Waals surface area contributed by atoms with Gasteiger partial charge in [0, 0.05) is 18.4 Å². The summed E-state index contributed by atoms with van der Waals surface area (Å²) in [4.78, 5) is 14.3. The van der Waals surface area contributed by atoms with Gasteiger partial charge in [0.1, 0.15) is 0 Å². The van der Waals surface area contributed by atoms with Gasteiger partial charge in [0.15, 0.2) is 0 Å². The highest BCUT2D eigenvalue weighted by atomic mass is 16.5. The molecule has 0 fully saturated rings. The van der Waals surface area contributed by atoms with E-state index in [0.717, 1.165) is 11.1 Å². The van der Waals surface area contributed by atoms with Gasteiger partial charge in [-0.15, -0.1) is 0 Å². The molecule has 1 atom stereocenters. The molecule has 18 heavy (non-hydrogen) atoms. The summed E-state index contributed by atoms with van der Waals surface area (Å²) in [5.41, 5.74) is 2.66. The van der Waals surface area contributed by atoms with E-state index in [-0.39, 0.29) is 11.7 Å². The molecule has 2 rings (SSSR count). The van der Waals surface area contributed by atoms with Crippen molar-refractivity contribution in [1.29, 1.82) is 0 Å². The predicted molar refractivity (Wildman–Crippen MR) is 72.5 cm³/mol. The lowest BCUT2D eigenvalue weighted by Gasteiger charge is -2.12. The first-order valence-corrected chi connectivity index (χ1v) is 6.12. The van der Waals surface area contributed by atoms with Crippen LogP contribution in [0, 0.1) is 0 Å². The lowest BCUT2D eigenvalue weighted by atomic mass is 10.0. The van der Waals surface area contributed by atoms with E-state index >= 15 is 0 Å². The molecule has 1 heterocycles. The second kappa shape index (κ2) is 5.65. The zero-order chi connectivity index (χ0) is 13.0. The van der Waals surface area contributed by atoms with Crippen molar-refractivity contribution in [3.63, 3.8) is 0 Å². The summed E-state index contributed by atoms with van der Waals surface area (Å²) in [6.45, 7) is 4.70. The summed E-state index contributed by atoms with van der Waals surface area (Å²) in [5, 5.41) is 0. The van der Waals surface area contributed by atoms with Crippen LogP contribution in [0.25, 0.3) is 11.1 Å². The van der Waals surface area contributed by atoms with Crippen molar-refractivity contribution < 1.29 is 4.74 Å². The first-order valence-electron chi connectivity index (χ1n) is 6.12. The Morgan fingerprint density at radius 2 is 1.94 bits per heavy atom. The Kier molecular flexibility index (Phi) is 3.95. The maximum atomic E-state index is 11.7. The van der Waals surface area contributed by atoms with Crippen LogP contribution in [0.15, 0.2) is 47.4 Å². The van der Waals surface area contributed by atoms with Crippen molar-refractivity contribution in [3.05, 3.63) is 58.5 Å². The molecule has 1 aromatic heterocycles. The lowest BCUT2D eigenvalue weighted by Crippen LogP contribution is -2.07. The number of ether oxygens (including phenoxy) is 1. The summed E-state index contributed by atoms with van der Waals surface area (Å²) in [5.74, 6) is 0. The average molecular weight is 243 g/mol. The van der Waals surface area contributed by atoms with Crippen molar-refractivity contribution >= 4 is 0 Å². The highest BCUT2D eigenvalue weighted by Crippen LogP contribution is 2.21. The van der Waals surface area contributed by atoms with Gasteiger partial charge >= 0.3 is 0 Å². The molecule has 0 saturated carbocycles. The van der Waals surface area contributed by atoms with Crippen molar-refractivity contribution in [2.24, 2.45) is 0 Å². The highest BCUT2D eigenvalue weighted by molar-refractivity contribution is 5.62. The SMILES string of the molecule is CCOC(C)c1ccc(-c2ccc[nH]c2=O)cc1. The Labute approximate surface area is 106 Å². The molecule has 3 heteroatoms. The van der Waals surface area contributed by atoms with Crippen LogP contribution in [0.4, 0.5) is 0 Å². The van der Waals surface area contributed by atoms with E-state index in [2.05, 4.69) is 4.98 Å². The standard InChI is InChI=1S/C15H17NO2/c1-3-18-11(2)12-6-8-13(9-7-12)14-5-4-10-16-15(14)17/h4-11H,3H2,1-2H3,(H,16,17). The number of hydrogen-bond acceptors (Lipinski definition) is 2. The van der Waals surface area contributed by atoms with Gasteiger partial charge in [0.25, 0.3) is 5.56 Å². The van der Waals surface area contributed by atoms with Crippen LogP contribution < -0.4 is 5.56 Å². The molecule has 2 aromatic rings. The normalized spacial score (nSPS) is 12.3. The minimum Gasteiger partial charge on any atom is -0.374 e. The summed E-state index contributed by atoms with van der Waals surface area (Å²) in [6, 6.07) is 11.6. The third kappa shape index (κ3) is 2.68. The van der Waals surface area contributed by atoms with Crippen molar-refractivity contribution in [1.82, 2.24) is 4.98 Å². The van der Waals surface area contributed by atoms with E-state index in [1.54, 1.807) is 6.20 Å². The van der Waals surface area contributed by atoms with Crippen LogP contribution in [-0.4, -0.2) is 11.6 Å². The number of H-pyrrole nitrogens is 1. The van der Waals surface area contributed by atoms with Crippen LogP contribution in [-0.2, 0) is 4.74 Å². The van der Waals surface area contributed by atoms with Crippen molar-refractivity contribution in [2.45, 2.75) is 20.0 Å². The Morgan fingerprint density at radius 1 is 1.22 bits per heavy atom. The first kappa shape index (κ1) is 12.6. The van der Waals surface area contributed by atoms with Crippen molar-refractivity contribution in [2.75, 3.05) is 6.61 Å². The molecule has 1 unspecified atom stereocenters. The van der Waals surface area contributed by atoms with E-state index < -0.39 is 0 Å². The van der Waals surface area contributed by atoms with Gasteiger partial charge in [-0.3, -0.25) is 4.79 Å². The predicted octanol–water partition coefficient (Wildman–Crippen LogP) is 3.14. The quantitative estimate of drug-likeness (QED) is 0.896. The average Bonchev–Trinajstić information content (AvgIpc) is 2.40. The Balaban J connectivity index is 2.28. The minimum atomic E-state index is -0.0666.